The molecule has 1 fully saturated rings. The molecule has 14 heteroatoms. The first kappa shape index (κ1) is 29.9. The number of urea groups is 1. The fourth-order valence-corrected chi connectivity index (χ4v) is 5.48. The van der Waals surface area contributed by atoms with Crippen molar-refractivity contribution in [3.8, 4) is 11.3 Å². The molecule has 2 aromatic heterocycles. The minimum absolute atomic E-state index is 0.0461. The molecule has 0 unspecified atom stereocenters. The van der Waals surface area contributed by atoms with Gasteiger partial charge in [-0.05, 0) is 62.6 Å². The fourth-order valence-electron chi connectivity index (χ4n) is 4.41. The summed E-state index contributed by atoms with van der Waals surface area (Å²) in [4.78, 5) is 42.3. The summed E-state index contributed by atoms with van der Waals surface area (Å²) in [5.41, 5.74) is 0.296. The van der Waals surface area contributed by atoms with Crippen LogP contribution in [0.25, 0.3) is 22.4 Å². The number of hydrogen-bond donors (Lipinski definition) is 3. The molecule has 12 nitrogen and oxygen atoms in total. The molecule has 0 aliphatic carbocycles. The first-order valence-corrected chi connectivity index (χ1v) is 14.7. The number of ether oxygens (including phenoxy) is 1. The van der Waals surface area contributed by atoms with Gasteiger partial charge in [0.25, 0.3) is 11.8 Å². The Bertz CT molecular complexity index is 1590. The van der Waals surface area contributed by atoms with Crippen LogP contribution in [-0.2, 0) is 26.0 Å². The van der Waals surface area contributed by atoms with E-state index < -0.39 is 33.3 Å². The van der Waals surface area contributed by atoms with Crippen LogP contribution in [0, 0.1) is 5.82 Å². The second-order valence-electron chi connectivity index (χ2n) is 9.99. The van der Waals surface area contributed by atoms with E-state index >= 15 is 0 Å². The molecule has 0 spiro atoms. The highest BCUT2D eigenvalue weighted by Gasteiger charge is 2.43. The normalized spacial score (nSPS) is 14.9. The predicted molar refractivity (Wildman–Crippen MR) is 149 cm³/mol. The van der Waals surface area contributed by atoms with Crippen molar-refractivity contribution in [2.45, 2.75) is 39.2 Å². The second kappa shape index (κ2) is 11.8. The van der Waals surface area contributed by atoms with E-state index in [2.05, 4.69) is 20.3 Å². The molecule has 41 heavy (non-hydrogen) atoms. The number of aryl methyl sites for hydroxylation is 1. The molecular weight excluding hydrogens is 557 g/mol. The summed E-state index contributed by atoms with van der Waals surface area (Å²) < 4.78 is 53.0. The van der Waals surface area contributed by atoms with Gasteiger partial charge in [0, 0.05) is 19.2 Å². The fraction of sp³-hybridized carbons (Fsp3) is 0.407. The van der Waals surface area contributed by atoms with Crippen LogP contribution >= 0.6 is 0 Å². The third-order valence-electron chi connectivity index (χ3n) is 6.56. The Morgan fingerprint density at radius 2 is 1.90 bits per heavy atom. The maximum absolute atomic E-state index is 13.5. The van der Waals surface area contributed by atoms with Gasteiger partial charge in [-0.2, -0.15) is 4.98 Å². The Kier molecular flexibility index (Phi) is 8.63. The van der Waals surface area contributed by atoms with Gasteiger partial charge < -0.3 is 19.8 Å². The molecule has 1 aromatic carbocycles. The van der Waals surface area contributed by atoms with E-state index in [0.29, 0.717) is 22.9 Å². The number of carbonyl (C=O) groups excluding carboxylic acids is 3. The number of sulfonamides is 1. The average Bonchev–Trinajstić information content (AvgIpc) is 3.38. The molecule has 220 valence electrons. The van der Waals surface area contributed by atoms with Crippen molar-refractivity contribution < 1.29 is 36.3 Å². The summed E-state index contributed by atoms with van der Waals surface area (Å²) in [7, 11) is -2.37. The number of nitrogens with zero attached hydrogens (tertiary/aromatic N) is 2. The lowest BCUT2D eigenvalue weighted by Gasteiger charge is -2.16. The molecule has 0 atom stereocenters. The Balaban J connectivity index is 1.44. The van der Waals surface area contributed by atoms with E-state index in [4.69, 9.17) is 9.15 Å². The number of halogens is 1. The van der Waals surface area contributed by atoms with E-state index in [9.17, 15) is 27.2 Å². The molecule has 0 saturated carbocycles. The predicted octanol–water partition coefficient (Wildman–Crippen LogP) is 3.03. The number of benzene rings is 1. The number of rotatable bonds is 12. The molecular formula is C27H32FN5O7S. The summed E-state index contributed by atoms with van der Waals surface area (Å²) in [6.07, 6.45) is 0.564. The number of carbonyl (C=O) groups is 3. The molecule has 0 bridgehead atoms. The Morgan fingerprint density at radius 1 is 1.20 bits per heavy atom. The molecule has 3 N–H and O–H groups in total. The van der Waals surface area contributed by atoms with Gasteiger partial charge >= 0.3 is 6.03 Å². The van der Waals surface area contributed by atoms with Gasteiger partial charge in [-0.15, -0.1) is 0 Å². The largest absolute Gasteiger partial charge is 0.437 e. The van der Waals surface area contributed by atoms with Gasteiger partial charge in [0.15, 0.2) is 0 Å². The lowest BCUT2D eigenvalue weighted by atomic mass is 10.0. The van der Waals surface area contributed by atoms with E-state index in [1.54, 1.807) is 19.9 Å². The SMILES string of the molecule is CCc1cc2c(C(=O)NC)c(-c3ccc(F)cc3)oc2nc1NS(=O)(=O)CCCOCCN1C(=O)NC(C)(C)C1=O. The summed E-state index contributed by atoms with van der Waals surface area (Å²) in [6, 6.07) is 6.60. The molecule has 4 rings (SSSR count). The number of anilines is 1. The number of hydrogen-bond acceptors (Lipinski definition) is 8. The third-order valence-corrected chi connectivity index (χ3v) is 7.89. The highest BCUT2D eigenvalue weighted by molar-refractivity contribution is 7.92. The number of imide groups is 1. The smallest absolute Gasteiger partial charge is 0.325 e. The van der Waals surface area contributed by atoms with Crippen LogP contribution in [0.4, 0.5) is 15.0 Å². The van der Waals surface area contributed by atoms with Gasteiger partial charge in [-0.25, -0.2) is 17.6 Å². The monoisotopic (exact) mass is 589 g/mol. The first-order chi connectivity index (χ1) is 19.4. The number of pyridine rings is 1. The van der Waals surface area contributed by atoms with Crippen molar-refractivity contribution in [2.24, 2.45) is 0 Å². The number of aromatic nitrogens is 1. The quantitative estimate of drug-likeness (QED) is 0.215. The topological polar surface area (TPSA) is 160 Å². The maximum atomic E-state index is 13.5. The van der Waals surface area contributed by atoms with Gasteiger partial charge in [-0.1, -0.05) is 6.92 Å². The van der Waals surface area contributed by atoms with Crippen molar-refractivity contribution in [1.29, 1.82) is 0 Å². The number of furan rings is 1. The zero-order valence-electron chi connectivity index (χ0n) is 23.2. The Labute approximate surface area is 236 Å². The summed E-state index contributed by atoms with van der Waals surface area (Å²) >= 11 is 0. The van der Waals surface area contributed by atoms with Crippen LogP contribution in [0.3, 0.4) is 0 Å². The van der Waals surface area contributed by atoms with Crippen molar-refractivity contribution in [2.75, 3.05) is 37.3 Å². The molecule has 1 aliphatic rings. The zero-order chi connectivity index (χ0) is 29.9. The number of amides is 4. The second-order valence-corrected chi connectivity index (χ2v) is 11.8. The number of fused-ring (bicyclic) bond motifs is 1. The molecule has 3 aromatic rings. The molecule has 1 saturated heterocycles. The van der Waals surface area contributed by atoms with E-state index in [-0.39, 0.29) is 60.7 Å². The van der Waals surface area contributed by atoms with Gasteiger partial charge in [0.2, 0.25) is 15.7 Å². The Morgan fingerprint density at radius 3 is 2.51 bits per heavy atom. The molecule has 4 amide bonds. The van der Waals surface area contributed by atoms with E-state index in [0.717, 1.165) is 4.90 Å². The van der Waals surface area contributed by atoms with Crippen molar-refractivity contribution >= 4 is 44.8 Å². The molecule has 3 heterocycles. The first-order valence-electron chi connectivity index (χ1n) is 13.0. The molecule has 1 aliphatic heterocycles. The minimum atomic E-state index is -3.84. The number of nitrogens with one attached hydrogen (secondary N) is 3. The van der Waals surface area contributed by atoms with Crippen LogP contribution in [0.5, 0.6) is 0 Å². The standard InChI is InChI=1S/C27H32FN5O7S/c1-5-16-15-19-20(23(34)29-4)21(17-7-9-18(28)10-8-17)40-24(19)30-22(16)32-41(37,38)14-6-12-39-13-11-33-25(35)27(2,3)31-26(33)36/h7-10,15H,5-6,11-14H2,1-4H3,(H,29,34)(H,30,32)(H,31,36). The van der Waals surface area contributed by atoms with Crippen molar-refractivity contribution in [3.05, 3.63) is 47.3 Å². The highest BCUT2D eigenvalue weighted by atomic mass is 32.2. The van der Waals surface area contributed by atoms with Crippen LogP contribution in [0.15, 0.2) is 34.7 Å². The lowest BCUT2D eigenvalue weighted by molar-refractivity contribution is -0.130. The summed E-state index contributed by atoms with van der Waals surface area (Å²) in [6.45, 7) is 5.27. The van der Waals surface area contributed by atoms with E-state index in [1.807, 2.05) is 6.92 Å². The summed E-state index contributed by atoms with van der Waals surface area (Å²) in [5.74, 6) is -1.24. The average molecular weight is 590 g/mol. The van der Waals surface area contributed by atoms with Crippen LogP contribution in [0.1, 0.15) is 43.1 Å². The van der Waals surface area contributed by atoms with Gasteiger partial charge in [-0.3, -0.25) is 19.2 Å². The minimum Gasteiger partial charge on any atom is -0.437 e. The summed E-state index contributed by atoms with van der Waals surface area (Å²) in [5, 5.41) is 5.54. The van der Waals surface area contributed by atoms with E-state index in [1.165, 1.54) is 31.3 Å². The van der Waals surface area contributed by atoms with Crippen LogP contribution in [0.2, 0.25) is 0 Å². The zero-order valence-corrected chi connectivity index (χ0v) is 24.0. The lowest BCUT2D eigenvalue weighted by Crippen LogP contribution is -2.40. The maximum Gasteiger partial charge on any atom is 0.325 e. The van der Waals surface area contributed by atoms with Crippen molar-refractivity contribution in [1.82, 2.24) is 20.5 Å². The van der Waals surface area contributed by atoms with Crippen molar-refractivity contribution in [3.63, 3.8) is 0 Å². The molecule has 0 radical (unpaired) electrons. The third kappa shape index (κ3) is 6.49. The highest BCUT2D eigenvalue weighted by Crippen LogP contribution is 2.35. The van der Waals surface area contributed by atoms with Crippen LogP contribution < -0.4 is 15.4 Å². The van der Waals surface area contributed by atoms with Crippen LogP contribution in [-0.4, -0.2) is 74.2 Å². The Hall–Kier alpha value is -4.04. The van der Waals surface area contributed by atoms with Gasteiger partial charge in [0.1, 0.15) is 22.9 Å². The van der Waals surface area contributed by atoms with Gasteiger partial charge in [0.05, 0.1) is 29.9 Å².